The molecule has 1 heterocycles. The Labute approximate surface area is 158 Å². The van der Waals surface area contributed by atoms with Crippen LogP contribution in [0.2, 0.25) is 0 Å². The summed E-state index contributed by atoms with van der Waals surface area (Å²) < 4.78 is 12.1. The van der Waals surface area contributed by atoms with Gasteiger partial charge in [-0.2, -0.15) is 0 Å². The van der Waals surface area contributed by atoms with E-state index in [1.54, 1.807) is 0 Å². The van der Waals surface area contributed by atoms with Crippen molar-refractivity contribution in [2.45, 2.75) is 19.1 Å². The van der Waals surface area contributed by atoms with Crippen molar-refractivity contribution in [3.8, 4) is 0 Å². The van der Waals surface area contributed by atoms with E-state index in [-0.39, 0.29) is 5.97 Å². The second-order valence-corrected chi connectivity index (χ2v) is 6.72. The molecule has 3 aromatic carbocycles. The molecule has 0 aromatic heterocycles. The minimum atomic E-state index is -1.07. The zero-order valence-corrected chi connectivity index (χ0v) is 15.1. The van der Waals surface area contributed by atoms with Crippen molar-refractivity contribution in [2.75, 3.05) is 0 Å². The molecule has 0 spiro atoms. The first kappa shape index (κ1) is 17.1. The van der Waals surface area contributed by atoms with Gasteiger partial charge in [-0.3, -0.25) is 0 Å². The third kappa shape index (κ3) is 3.63. The van der Waals surface area contributed by atoms with Gasteiger partial charge < -0.3 is 9.47 Å². The monoisotopic (exact) mass is 356 g/mol. The second kappa shape index (κ2) is 7.12. The lowest BCUT2D eigenvalue weighted by atomic mass is 9.98. The van der Waals surface area contributed by atoms with E-state index in [0.717, 1.165) is 16.7 Å². The number of carbonyl (C=O) groups is 1. The van der Waals surface area contributed by atoms with Gasteiger partial charge in [-0.15, -0.1) is 0 Å². The topological polar surface area (TPSA) is 35.5 Å². The summed E-state index contributed by atoms with van der Waals surface area (Å²) in [7, 11) is 0. The lowest BCUT2D eigenvalue weighted by Crippen LogP contribution is -2.40. The number of hydrogen-bond acceptors (Lipinski definition) is 3. The Morgan fingerprint density at radius 2 is 1.22 bits per heavy atom. The quantitative estimate of drug-likeness (QED) is 0.611. The van der Waals surface area contributed by atoms with Crippen LogP contribution in [0.3, 0.4) is 0 Å². The Morgan fingerprint density at radius 3 is 1.81 bits per heavy atom. The normalized spacial score (nSPS) is 19.4. The van der Waals surface area contributed by atoms with E-state index < -0.39 is 5.79 Å². The fourth-order valence-electron chi connectivity index (χ4n) is 3.31. The van der Waals surface area contributed by atoms with Crippen molar-refractivity contribution in [2.24, 2.45) is 0 Å². The van der Waals surface area contributed by atoms with E-state index in [2.05, 4.69) is 0 Å². The Balaban J connectivity index is 1.80. The Morgan fingerprint density at radius 1 is 0.704 bits per heavy atom. The molecule has 1 aliphatic heterocycles. The van der Waals surface area contributed by atoms with Gasteiger partial charge in [0.25, 0.3) is 5.79 Å². The minimum absolute atomic E-state index is 0.371. The largest absolute Gasteiger partial charge is 0.451 e. The maximum Gasteiger partial charge on any atom is 0.345 e. The van der Waals surface area contributed by atoms with Crippen LogP contribution in [0.4, 0.5) is 0 Å². The van der Waals surface area contributed by atoms with Gasteiger partial charge in [0.05, 0.1) is 0 Å². The van der Waals surface area contributed by atoms with Crippen LogP contribution in [0.25, 0.3) is 11.3 Å². The zero-order chi connectivity index (χ0) is 18.7. The molecule has 0 fully saturated rings. The molecule has 0 N–H and O–H groups in total. The Bertz CT molecular complexity index is 962. The lowest BCUT2D eigenvalue weighted by Gasteiger charge is -2.36. The van der Waals surface area contributed by atoms with Gasteiger partial charge in [0.15, 0.2) is 0 Å². The first-order valence-electron chi connectivity index (χ1n) is 8.96. The van der Waals surface area contributed by atoms with Gasteiger partial charge in [0.2, 0.25) is 0 Å². The van der Waals surface area contributed by atoms with Crippen molar-refractivity contribution in [3.63, 3.8) is 0 Å². The van der Waals surface area contributed by atoms with E-state index in [9.17, 15) is 4.79 Å². The van der Waals surface area contributed by atoms with Crippen LogP contribution >= 0.6 is 0 Å². The van der Waals surface area contributed by atoms with Crippen LogP contribution in [0, 0.1) is 0 Å². The molecular formula is C24H20O3. The zero-order valence-electron chi connectivity index (χ0n) is 15.1. The van der Waals surface area contributed by atoms with Crippen LogP contribution in [0.5, 0.6) is 0 Å². The van der Waals surface area contributed by atoms with E-state index in [0.29, 0.717) is 17.8 Å². The van der Waals surface area contributed by atoms with Crippen molar-refractivity contribution >= 4 is 17.3 Å². The average Bonchev–Trinajstić information content (AvgIpc) is 2.69. The number of carbonyl (C=O) groups excluding carboxylic acids is 1. The van der Waals surface area contributed by atoms with Crippen LogP contribution < -0.4 is 0 Å². The van der Waals surface area contributed by atoms with Crippen LogP contribution in [0.1, 0.15) is 23.6 Å². The van der Waals surface area contributed by atoms with Gasteiger partial charge in [0, 0.05) is 18.9 Å². The standard InChI is InChI=1S/C24H20O3/c1-24(17-18-11-5-2-6-12-18)26-22(20-15-9-4-10-16-20)21(23(25)27-24)19-13-7-3-8-14-19/h2-16H,17H2,1H3. The molecule has 1 unspecified atom stereocenters. The molecule has 0 aliphatic carbocycles. The second-order valence-electron chi connectivity index (χ2n) is 6.72. The van der Waals surface area contributed by atoms with E-state index in [4.69, 9.17) is 9.47 Å². The molecule has 27 heavy (non-hydrogen) atoms. The molecule has 0 amide bonds. The highest BCUT2D eigenvalue weighted by atomic mass is 16.7. The van der Waals surface area contributed by atoms with E-state index in [1.807, 2.05) is 97.9 Å². The molecule has 3 heteroatoms. The molecule has 0 saturated heterocycles. The van der Waals surface area contributed by atoms with Crippen molar-refractivity contribution in [1.82, 2.24) is 0 Å². The third-order valence-electron chi connectivity index (χ3n) is 4.52. The molecule has 3 aromatic rings. The summed E-state index contributed by atoms with van der Waals surface area (Å²) in [6, 6.07) is 29.1. The summed E-state index contributed by atoms with van der Waals surface area (Å²) in [4.78, 5) is 13.0. The average molecular weight is 356 g/mol. The summed E-state index contributed by atoms with van der Waals surface area (Å²) in [6.45, 7) is 1.81. The van der Waals surface area contributed by atoms with Crippen LogP contribution in [-0.4, -0.2) is 11.8 Å². The first-order valence-corrected chi connectivity index (χ1v) is 8.96. The molecule has 0 bridgehead atoms. The number of cyclic esters (lactones) is 1. The first-order chi connectivity index (χ1) is 13.1. The molecule has 1 aliphatic rings. The summed E-state index contributed by atoms with van der Waals surface area (Å²) in [6.07, 6.45) is 0.470. The van der Waals surface area contributed by atoms with Crippen LogP contribution in [-0.2, 0) is 20.7 Å². The fraction of sp³-hybridized carbons (Fsp3) is 0.125. The van der Waals surface area contributed by atoms with Crippen molar-refractivity contribution in [1.29, 1.82) is 0 Å². The Hall–Kier alpha value is -3.33. The predicted molar refractivity (Wildman–Crippen MR) is 105 cm³/mol. The molecule has 0 saturated carbocycles. The van der Waals surface area contributed by atoms with Crippen molar-refractivity contribution in [3.05, 3.63) is 108 Å². The number of esters is 1. The minimum Gasteiger partial charge on any atom is -0.451 e. The number of rotatable bonds is 4. The van der Waals surface area contributed by atoms with Gasteiger partial charge >= 0.3 is 5.97 Å². The maximum absolute atomic E-state index is 13.0. The smallest absolute Gasteiger partial charge is 0.345 e. The summed E-state index contributed by atoms with van der Waals surface area (Å²) in [5, 5.41) is 0. The number of hydrogen-bond donors (Lipinski definition) is 0. The predicted octanol–water partition coefficient (Wildman–Crippen LogP) is 5.09. The van der Waals surface area contributed by atoms with Gasteiger partial charge in [-0.25, -0.2) is 4.79 Å². The molecule has 4 rings (SSSR count). The van der Waals surface area contributed by atoms with Gasteiger partial charge in [-0.1, -0.05) is 91.0 Å². The molecule has 1 atom stereocenters. The van der Waals surface area contributed by atoms with Crippen LogP contribution in [0.15, 0.2) is 91.0 Å². The van der Waals surface area contributed by atoms with E-state index in [1.165, 1.54) is 0 Å². The third-order valence-corrected chi connectivity index (χ3v) is 4.52. The molecular weight excluding hydrogens is 336 g/mol. The molecule has 134 valence electrons. The number of ether oxygens (including phenoxy) is 2. The maximum atomic E-state index is 13.0. The highest BCUT2D eigenvalue weighted by Gasteiger charge is 2.40. The summed E-state index contributed by atoms with van der Waals surface area (Å²) in [5.74, 6) is -0.886. The fourth-order valence-corrected chi connectivity index (χ4v) is 3.31. The molecule has 0 radical (unpaired) electrons. The highest BCUT2D eigenvalue weighted by Crippen LogP contribution is 2.39. The van der Waals surface area contributed by atoms with Crippen molar-refractivity contribution < 1.29 is 14.3 Å². The van der Waals surface area contributed by atoms with Gasteiger partial charge in [0.1, 0.15) is 11.3 Å². The highest BCUT2D eigenvalue weighted by molar-refractivity contribution is 6.24. The lowest BCUT2D eigenvalue weighted by molar-refractivity contribution is -0.198. The summed E-state index contributed by atoms with van der Waals surface area (Å²) in [5.41, 5.74) is 3.13. The van der Waals surface area contributed by atoms with Gasteiger partial charge in [-0.05, 0) is 11.1 Å². The Kier molecular flexibility index (Phi) is 4.51. The van der Waals surface area contributed by atoms with E-state index >= 15 is 0 Å². The molecule has 3 nitrogen and oxygen atoms in total. The summed E-state index contributed by atoms with van der Waals surface area (Å²) >= 11 is 0. The number of benzene rings is 3. The SMILES string of the molecule is CC1(Cc2ccccc2)OC(=O)C(c2ccccc2)=C(c2ccccc2)O1.